The molecule has 2 unspecified atom stereocenters. The van der Waals surface area contributed by atoms with E-state index >= 15 is 0 Å². The first-order valence-electron chi connectivity index (χ1n) is 7.73. The second kappa shape index (κ2) is 4.81. The Morgan fingerprint density at radius 2 is 2.15 bits per heavy atom. The van der Waals surface area contributed by atoms with Crippen LogP contribution in [0, 0.1) is 5.92 Å². The van der Waals surface area contributed by atoms with Gasteiger partial charge in [0.15, 0.2) is 0 Å². The molecule has 2 N–H and O–H groups in total. The second-order valence-corrected chi connectivity index (χ2v) is 6.24. The minimum Gasteiger partial charge on any atom is -0.369 e. The molecule has 5 nitrogen and oxygen atoms in total. The molecule has 3 saturated heterocycles. The van der Waals surface area contributed by atoms with Crippen LogP contribution in [0.15, 0.2) is 24.0 Å². The minimum absolute atomic E-state index is 0.00617. The lowest BCUT2D eigenvalue weighted by atomic mass is 9.95. The molecule has 4 aliphatic heterocycles. The highest BCUT2D eigenvalue weighted by Crippen LogP contribution is 2.29. The van der Waals surface area contributed by atoms with Gasteiger partial charge in [-0.25, -0.2) is 0 Å². The fourth-order valence-electron chi connectivity index (χ4n) is 3.90. The maximum absolute atomic E-state index is 12.7. The van der Waals surface area contributed by atoms with E-state index in [9.17, 15) is 4.79 Å². The van der Waals surface area contributed by atoms with Crippen molar-refractivity contribution in [3.8, 4) is 0 Å². The molecule has 0 bridgehead atoms. The summed E-state index contributed by atoms with van der Waals surface area (Å²) in [6, 6.07) is 0.362. The summed E-state index contributed by atoms with van der Waals surface area (Å²) < 4.78 is 0. The van der Waals surface area contributed by atoms with Crippen molar-refractivity contribution in [3.63, 3.8) is 0 Å². The fraction of sp³-hybridized carbons (Fsp3) is 0.667. The predicted molar refractivity (Wildman–Crippen MR) is 76.8 cm³/mol. The third-order valence-corrected chi connectivity index (χ3v) is 4.98. The summed E-state index contributed by atoms with van der Waals surface area (Å²) in [6.45, 7) is 4.73. The number of piperidine rings is 1. The monoisotopic (exact) mass is 274 g/mol. The molecule has 1 amide bonds. The van der Waals surface area contributed by atoms with Crippen molar-refractivity contribution < 1.29 is 4.79 Å². The van der Waals surface area contributed by atoms with Crippen LogP contribution >= 0.6 is 0 Å². The molecule has 4 aliphatic rings. The Balaban J connectivity index is 1.50. The zero-order chi connectivity index (χ0) is 13.5. The molecule has 2 atom stereocenters. The Hall–Kier alpha value is -1.49. The molecule has 0 spiro atoms. The number of nitrogens with zero attached hydrogens (tertiary/aromatic N) is 2. The Labute approximate surface area is 119 Å². The zero-order valence-corrected chi connectivity index (χ0v) is 11.7. The molecule has 5 heteroatoms. The Bertz CT molecular complexity index is 466. The molecule has 3 fully saturated rings. The van der Waals surface area contributed by atoms with Gasteiger partial charge < -0.3 is 20.4 Å². The SMILES string of the molecule is O=C1C2CNC3=CC=CC(CN1CC1CCNCC1)N32. The highest BCUT2D eigenvalue weighted by molar-refractivity contribution is 5.84. The van der Waals surface area contributed by atoms with Gasteiger partial charge in [0.25, 0.3) is 0 Å². The van der Waals surface area contributed by atoms with Gasteiger partial charge >= 0.3 is 0 Å². The number of rotatable bonds is 2. The number of hydrogen-bond acceptors (Lipinski definition) is 4. The van der Waals surface area contributed by atoms with Crippen LogP contribution in [0.2, 0.25) is 0 Å². The highest BCUT2D eigenvalue weighted by atomic mass is 16.2. The van der Waals surface area contributed by atoms with Crippen LogP contribution in [-0.2, 0) is 4.79 Å². The van der Waals surface area contributed by atoms with Gasteiger partial charge in [-0.1, -0.05) is 12.2 Å². The molecule has 0 aliphatic carbocycles. The molecule has 0 aromatic heterocycles. The molecule has 108 valence electrons. The highest BCUT2D eigenvalue weighted by Gasteiger charge is 2.45. The van der Waals surface area contributed by atoms with E-state index in [-0.39, 0.29) is 6.04 Å². The number of allylic oxidation sites excluding steroid dienone is 2. The van der Waals surface area contributed by atoms with Gasteiger partial charge in [0.2, 0.25) is 5.91 Å². The van der Waals surface area contributed by atoms with Gasteiger partial charge in [-0.15, -0.1) is 0 Å². The van der Waals surface area contributed by atoms with Crippen molar-refractivity contribution in [1.29, 1.82) is 0 Å². The lowest BCUT2D eigenvalue weighted by molar-refractivity contribution is -0.141. The average molecular weight is 274 g/mol. The van der Waals surface area contributed by atoms with E-state index in [1.54, 1.807) is 0 Å². The molecule has 0 aromatic carbocycles. The minimum atomic E-state index is 0.00617. The van der Waals surface area contributed by atoms with Gasteiger partial charge in [0, 0.05) is 19.6 Å². The predicted octanol–water partition coefficient (Wildman–Crippen LogP) is -0.118. The van der Waals surface area contributed by atoms with Crippen molar-refractivity contribution in [2.45, 2.75) is 24.9 Å². The molecule has 0 aromatic rings. The van der Waals surface area contributed by atoms with E-state index in [2.05, 4.69) is 38.7 Å². The number of amides is 1. The van der Waals surface area contributed by atoms with E-state index in [4.69, 9.17) is 0 Å². The summed E-state index contributed by atoms with van der Waals surface area (Å²) in [5, 5.41) is 6.76. The van der Waals surface area contributed by atoms with E-state index in [1.165, 1.54) is 12.8 Å². The maximum Gasteiger partial charge on any atom is 0.247 e. The number of carbonyl (C=O) groups excluding carboxylic acids is 1. The molecule has 0 saturated carbocycles. The first-order chi connectivity index (χ1) is 9.83. The zero-order valence-electron chi connectivity index (χ0n) is 11.7. The maximum atomic E-state index is 12.7. The molecular formula is C15H22N4O. The Morgan fingerprint density at radius 3 is 3.00 bits per heavy atom. The summed E-state index contributed by atoms with van der Waals surface area (Å²) >= 11 is 0. The normalized spacial score (nSPS) is 33.0. The largest absolute Gasteiger partial charge is 0.369 e. The summed E-state index contributed by atoms with van der Waals surface area (Å²) in [5.74, 6) is 2.10. The lowest BCUT2D eigenvalue weighted by Crippen LogP contribution is -2.60. The molecule has 20 heavy (non-hydrogen) atoms. The molecule has 0 radical (unpaired) electrons. The summed E-state index contributed by atoms with van der Waals surface area (Å²) in [6.07, 6.45) is 8.81. The Kier molecular flexibility index (Phi) is 2.95. The third-order valence-electron chi connectivity index (χ3n) is 4.98. The van der Waals surface area contributed by atoms with Gasteiger partial charge in [-0.2, -0.15) is 0 Å². The number of hydrogen-bond donors (Lipinski definition) is 2. The van der Waals surface area contributed by atoms with Crippen molar-refractivity contribution in [3.05, 3.63) is 24.0 Å². The van der Waals surface area contributed by atoms with Crippen LogP contribution in [0.4, 0.5) is 0 Å². The summed E-state index contributed by atoms with van der Waals surface area (Å²) in [4.78, 5) is 17.1. The lowest BCUT2D eigenvalue weighted by Gasteiger charge is -2.44. The average Bonchev–Trinajstić information content (AvgIpc) is 2.91. The van der Waals surface area contributed by atoms with E-state index < -0.39 is 0 Å². The first kappa shape index (κ1) is 12.3. The van der Waals surface area contributed by atoms with E-state index in [0.29, 0.717) is 17.9 Å². The molecule has 4 heterocycles. The standard InChI is InChI=1S/C15H22N4O/c20-15-13-8-17-14-3-1-2-12(19(13)14)10-18(15)9-11-4-6-16-7-5-11/h1-3,11-13,16-17H,4-10H2. The van der Waals surface area contributed by atoms with Crippen LogP contribution < -0.4 is 10.6 Å². The van der Waals surface area contributed by atoms with Crippen molar-refractivity contribution >= 4 is 5.91 Å². The van der Waals surface area contributed by atoms with Crippen LogP contribution in [0.5, 0.6) is 0 Å². The van der Waals surface area contributed by atoms with Crippen LogP contribution in [-0.4, -0.2) is 60.5 Å². The van der Waals surface area contributed by atoms with Crippen molar-refractivity contribution in [1.82, 2.24) is 20.4 Å². The number of carbonyl (C=O) groups is 1. The third kappa shape index (κ3) is 1.92. The van der Waals surface area contributed by atoms with Crippen LogP contribution in [0.1, 0.15) is 12.8 Å². The van der Waals surface area contributed by atoms with Crippen LogP contribution in [0.3, 0.4) is 0 Å². The number of nitrogens with one attached hydrogen (secondary N) is 2. The van der Waals surface area contributed by atoms with Crippen LogP contribution in [0.25, 0.3) is 0 Å². The van der Waals surface area contributed by atoms with E-state index in [0.717, 1.165) is 38.5 Å². The first-order valence-corrected chi connectivity index (χ1v) is 7.73. The summed E-state index contributed by atoms with van der Waals surface area (Å²) in [5.41, 5.74) is 0. The van der Waals surface area contributed by atoms with Gasteiger partial charge in [0.1, 0.15) is 11.9 Å². The smallest absolute Gasteiger partial charge is 0.247 e. The molecule has 4 rings (SSSR count). The van der Waals surface area contributed by atoms with Gasteiger partial charge in [0.05, 0.1) is 6.04 Å². The van der Waals surface area contributed by atoms with E-state index in [1.807, 2.05) is 0 Å². The summed E-state index contributed by atoms with van der Waals surface area (Å²) in [7, 11) is 0. The number of piperazine rings is 1. The quantitative estimate of drug-likeness (QED) is 0.737. The van der Waals surface area contributed by atoms with Crippen molar-refractivity contribution in [2.75, 3.05) is 32.7 Å². The second-order valence-electron chi connectivity index (χ2n) is 6.24. The molecular weight excluding hydrogens is 252 g/mol. The van der Waals surface area contributed by atoms with Gasteiger partial charge in [-0.05, 0) is 37.9 Å². The fourth-order valence-corrected chi connectivity index (χ4v) is 3.90. The Morgan fingerprint density at radius 1 is 1.30 bits per heavy atom. The van der Waals surface area contributed by atoms with Crippen molar-refractivity contribution in [2.24, 2.45) is 5.92 Å². The topological polar surface area (TPSA) is 47.6 Å². The van der Waals surface area contributed by atoms with Gasteiger partial charge in [-0.3, -0.25) is 4.79 Å².